The standard InChI is InChI=1S/C30H24N2/c1-5-13-22(14-6-1)26-21-27(23-15-7-2-8-16-23)32-29(25-19-11-4-12-20-25)30(32)28(31-26)24-17-9-3-10-18-24/h1-21,27,29-30H. The van der Waals surface area contributed by atoms with Crippen LogP contribution in [0.1, 0.15) is 34.3 Å². The lowest BCUT2D eigenvalue weighted by Crippen LogP contribution is -2.15. The molecule has 6 rings (SSSR count). The van der Waals surface area contributed by atoms with E-state index in [9.17, 15) is 0 Å². The van der Waals surface area contributed by atoms with Crippen LogP contribution in [0.5, 0.6) is 0 Å². The summed E-state index contributed by atoms with van der Waals surface area (Å²) >= 11 is 0. The lowest BCUT2D eigenvalue weighted by atomic mass is 10.0. The minimum atomic E-state index is 0.159. The molecule has 0 bridgehead atoms. The van der Waals surface area contributed by atoms with Crippen LogP contribution in [-0.2, 0) is 0 Å². The average molecular weight is 413 g/mol. The van der Waals surface area contributed by atoms with Crippen LogP contribution >= 0.6 is 0 Å². The molecule has 2 aliphatic heterocycles. The van der Waals surface area contributed by atoms with E-state index >= 15 is 0 Å². The van der Waals surface area contributed by atoms with Crippen molar-refractivity contribution in [2.75, 3.05) is 0 Å². The van der Waals surface area contributed by atoms with Crippen molar-refractivity contribution >= 4 is 11.4 Å². The van der Waals surface area contributed by atoms with Crippen molar-refractivity contribution in [3.05, 3.63) is 150 Å². The Kier molecular flexibility index (Phi) is 4.78. The van der Waals surface area contributed by atoms with Crippen molar-refractivity contribution in [3.8, 4) is 0 Å². The van der Waals surface area contributed by atoms with E-state index < -0.39 is 0 Å². The Morgan fingerprint density at radius 3 is 1.59 bits per heavy atom. The van der Waals surface area contributed by atoms with Crippen LogP contribution in [0.15, 0.2) is 132 Å². The molecule has 2 heteroatoms. The van der Waals surface area contributed by atoms with Crippen molar-refractivity contribution < 1.29 is 0 Å². The molecule has 0 amide bonds. The number of aliphatic imine (C=N–C) groups is 1. The maximum atomic E-state index is 5.33. The van der Waals surface area contributed by atoms with Gasteiger partial charge in [-0.1, -0.05) is 121 Å². The first-order chi connectivity index (χ1) is 15.9. The molecule has 154 valence electrons. The number of nitrogens with zero attached hydrogens (tertiary/aromatic N) is 2. The highest BCUT2D eigenvalue weighted by Crippen LogP contribution is 2.53. The molecule has 2 aliphatic rings. The molecule has 2 nitrogen and oxygen atoms in total. The quantitative estimate of drug-likeness (QED) is 0.341. The molecule has 1 saturated heterocycles. The Morgan fingerprint density at radius 1 is 0.500 bits per heavy atom. The fourth-order valence-corrected chi connectivity index (χ4v) is 4.89. The van der Waals surface area contributed by atoms with Crippen molar-refractivity contribution in [1.82, 2.24) is 4.90 Å². The molecule has 32 heavy (non-hydrogen) atoms. The number of hydrogen-bond acceptors (Lipinski definition) is 2. The second kappa shape index (κ2) is 8.07. The molecular weight excluding hydrogens is 388 g/mol. The van der Waals surface area contributed by atoms with E-state index in [0.717, 1.165) is 17.0 Å². The van der Waals surface area contributed by atoms with Crippen LogP contribution in [0, 0.1) is 0 Å². The molecule has 0 aliphatic carbocycles. The van der Waals surface area contributed by atoms with Gasteiger partial charge in [0.05, 0.1) is 29.5 Å². The van der Waals surface area contributed by atoms with Crippen LogP contribution < -0.4 is 0 Å². The normalized spacial score (nSPS) is 24.0. The van der Waals surface area contributed by atoms with E-state index in [0.29, 0.717) is 6.04 Å². The zero-order valence-corrected chi connectivity index (χ0v) is 17.8. The van der Waals surface area contributed by atoms with Gasteiger partial charge in [-0.25, -0.2) is 0 Å². The first-order valence-electron chi connectivity index (χ1n) is 11.2. The van der Waals surface area contributed by atoms with Crippen molar-refractivity contribution in [2.24, 2.45) is 4.99 Å². The molecule has 0 radical (unpaired) electrons. The first-order valence-corrected chi connectivity index (χ1v) is 11.2. The van der Waals surface area contributed by atoms with Gasteiger partial charge in [0.15, 0.2) is 0 Å². The van der Waals surface area contributed by atoms with E-state index in [1.54, 1.807) is 0 Å². The summed E-state index contributed by atoms with van der Waals surface area (Å²) in [6.45, 7) is 0. The zero-order valence-electron chi connectivity index (χ0n) is 17.8. The fourth-order valence-electron chi connectivity index (χ4n) is 4.89. The van der Waals surface area contributed by atoms with Crippen LogP contribution in [0.25, 0.3) is 5.70 Å². The van der Waals surface area contributed by atoms with E-state index in [1.807, 2.05) is 0 Å². The zero-order chi connectivity index (χ0) is 21.3. The van der Waals surface area contributed by atoms with Crippen LogP contribution in [-0.4, -0.2) is 16.7 Å². The van der Waals surface area contributed by atoms with E-state index in [-0.39, 0.29) is 12.1 Å². The molecule has 0 aromatic heterocycles. The summed E-state index contributed by atoms with van der Waals surface area (Å²) in [5.74, 6) is 0. The summed E-state index contributed by atoms with van der Waals surface area (Å²) in [7, 11) is 0. The fraction of sp³-hybridized carbons (Fsp3) is 0.100. The molecule has 4 atom stereocenters. The van der Waals surface area contributed by atoms with Crippen molar-refractivity contribution in [1.29, 1.82) is 0 Å². The molecule has 4 aromatic rings. The highest BCUT2D eigenvalue weighted by molar-refractivity contribution is 6.09. The van der Waals surface area contributed by atoms with Crippen LogP contribution in [0.2, 0.25) is 0 Å². The Morgan fingerprint density at radius 2 is 1.00 bits per heavy atom. The second-order valence-corrected chi connectivity index (χ2v) is 8.38. The largest absolute Gasteiger partial charge is 0.273 e. The summed E-state index contributed by atoms with van der Waals surface area (Å²) in [4.78, 5) is 7.93. The predicted molar refractivity (Wildman–Crippen MR) is 131 cm³/mol. The molecular formula is C30H24N2. The van der Waals surface area contributed by atoms with Gasteiger partial charge in [-0.2, -0.15) is 0 Å². The molecule has 0 saturated carbocycles. The molecule has 1 fully saturated rings. The van der Waals surface area contributed by atoms with Gasteiger partial charge in [0.2, 0.25) is 0 Å². The van der Waals surface area contributed by atoms with Gasteiger partial charge >= 0.3 is 0 Å². The smallest absolute Gasteiger partial charge is 0.0740 e. The Hall–Kier alpha value is -3.75. The first kappa shape index (κ1) is 19.0. The van der Waals surface area contributed by atoms with E-state index in [4.69, 9.17) is 4.99 Å². The third-order valence-electron chi connectivity index (χ3n) is 6.43. The summed E-state index contributed by atoms with van der Waals surface area (Å²) < 4.78 is 0. The van der Waals surface area contributed by atoms with Gasteiger partial charge in [0.25, 0.3) is 0 Å². The number of fused-ring (bicyclic) bond motifs is 1. The number of rotatable bonds is 4. The van der Waals surface area contributed by atoms with Gasteiger partial charge < -0.3 is 0 Å². The van der Waals surface area contributed by atoms with Gasteiger partial charge in [-0.05, 0) is 28.3 Å². The number of benzene rings is 4. The molecule has 4 aromatic carbocycles. The van der Waals surface area contributed by atoms with E-state index in [2.05, 4.69) is 132 Å². The average Bonchev–Trinajstić information content (AvgIpc) is 3.63. The third kappa shape index (κ3) is 3.39. The lowest BCUT2D eigenvalue weighted by molar-refractivity contribution is 0.438. The maximum Gasteiger partial charge on any atom is 0.0740 e. The van der Waals surface area contributed by atoms with Gasteiger partial charge in [-0.3, -0.25) is 9.89 Å². The third-order valence-corrected chi connectivity index (χ3v) is 6.43. The minimum absolute atomic E-state index is 0.159. The SMILES string of the molecule is C1=C(c2ccccc2)N=C(c2ccccc2)C2C(c3ccccc3)N2C1c1ccccc1. The Balaban J connectivity index is 1.53. The van der Waals surface area contributed by atoms with E-state index in [1.165, 1.54) is 16.7 Å². The minimum Gasteiger partial charge on any atom is -0.273 e. The highest BCUT2D eigenvalue weighted by atomic mass is 15.4. The monoisotopic (exact) mass is 412 g/mol. The van der Waals surface area contributed by atoms with Crippen LogP contribution in [0.3, 0.4) is 0 Å². The highest BCUT2D eigenvalue weighted by Gasteiger charge is 2.55. The molecule has 0 N–H and O–H groups in total. The van der Waals surface area contributed by atoms with Gasteiger partial charge in [0.1, 0.15) is 0 Å². The summed E-state index contributed by atoms with van der Waals surface area (Å²) in [6.07, 6.45) is 2.34. The van der Waals surface area contributed by atoms with Crippen molar-refractivity contribution in [3.63, 3.8) is 0 Å². The summed E-state index contributed by atoms with van der Waals surface area (Å²) in [6, 6.07) is 43.6. The van der Waals surface area contributed by atoms with Crippen LogP contribution in [0.4, 0.5) is 0 Å². The molecule has 0 spiro atoms. The molecule has 4 unspecified atom stereocenters. The Labute approximate surface area is 189 Å². The van der Waals surface area contributed by atoms with Gasteiger partial charge in [0, 0.05) is 0 Å². The van der Waals surface area contributed by atoms with Gasteiger partial charge in [-0.15, -0.1) is 0 Å². The number of hydrogen-bond donors (Lipinski definition) is 0. The second-order valence-electron chi connectivity index (χ2n) is 8.38. The maximum absolute atomic E-state index is 5.33. The lowest BCUT2D eigenvalue weighted by Gasteiger charge is -2.17. The predicted octanol–water partition coefficient (Wildman–Crippen LogP) is 6.70. The van der Waals surface area contributed by atoms with Crippen molar-refractivity contribution in [2.45, 2.75) is 18.1 Å². The topological polar surface area (TPSA) is 15.4 Å². The molecule has 2 heterocycles. The summed E-state index contributed by atoms with van der Waals surface area (Å²) in [5.41, 5.74) is 7.18. The Bertz CT molecular complexity index is 1260. The summed E-state index contributed by atoms with van der Waals surface area (Å²) in [5, 5.41) is 0.